The molecule has 2 aromatic rings. The predicted molar refractivity (Wildman–Crippen MR) is 127 cm³/mol. The number of hydrogen-bond acceptors (Lipinski definition) is 11. The first kappa shape index (κ1) is 29.0. The zero-order chi connectivity index (χ0) is 28.4. The number of nitriles is 1. The zero-order valence-corrected chi connectivity index (χ0v) is 21.2. The average Bonchev–Trinajstić information content (AvgIpc) is 3.45. The third kappa shape index (κ3) is 6.10. The van der Waals surface area contributed by atoms with Crippen LogP contribution in [0.4, 0.5) is 19.0 Å². The van der Waals surface area contributed by atoms with E-state index in [0.717, 1.165) is 0 Å². The third-order valence-electron chi connectivity index (χ3n) is 7.37. The maximum Gasteiger partial charge on any atom is 0.391 e. The summed E-state index contributed by atoms with van der Waals surface area (Å²) in [6, 6.07) is 4.28. The maximum atomic E-state index is 12.8. The van der Waals surface area contributed by atoms with E-state index < -0.39 is 54.6 Å². The molecule has 0 unspecified atom stereocenters. The molecule has 0 radical (unpaired) electrons. The van der Waals surface area contributed by atoms with E-state index in [1.807, 2.05) is 6.07 Å². The van der Waals surface area contributed by atoms with E-state index in [9.17, 15) is 33.4 Å². The molecule has 5 atom stereocenters. The van der Waals surface area contributed by atoms with Crippen molar-refractivity contribution < 1.29 is 42.4 Å². The van der Waals surface area contributed by atoms with Crippen LogP contribution in [0.25, 0.3) is 5.52 Å². The molecule has 2 fully saturated rings. The summed E-state index contributed by atoms with van der Waals surface area (Å²) in [5.74, 6) is -1.81. The second-order valence-corrected chi connectivity index (χ2v) is 9.98. The Morgan fingerprint density at radius 2 is 2.08 bits per heavy atom. The fraction of sp³-hybridized carbons (Fsp3) is 0.667. The van der Waals surface area contributed by atoms with Gasteiger partial charge in [0.25, 0.3) is 0 Å². The number of anilines is 1. The van der Waals surface area contributed by atoms with Crippen molar-refractivity contribution in [1.82, 2.24) is 19.9 Å². The average molecular weight is 557 g/mol. The molecule has 2 aromatic heterocycles. The lowest BCUT2D eigenvalue weighted by atomic mass is 9.82. The van der Waals surface area contributed by atoms with Gasteiger partial charge in [0.2, 0.25) is 5.60 Å². The fourth-order valence-corrected chi connectivity index (χ4v) is 4.93. The molecule has 0 spiro atoms. The molecule has 12 nitrogen and oxygen atoms in total. The van der Waals surface area contributed by atoms with Crippen LogP contribution < -0.4 is 11.1 Å². The van der Waals surface area contributed by atoms with Gasteiger partial charge in [0.1, 0.15) is 42.3 Å². The normalized spacial score (nSPS) is 30.2. The lowest BCUT2D eigenvalue weighted by molar-refractivity contribution is -0.185. The van der Waals surface area contributed by atoms with Crippen molar-refractivity contribution in [3.8, 4) is 6.07 Å². The molecular formula is C24H31F3N6O6. The van der Waals surface area contributed by atoms with Crippen LogP contribution in [0.3, 0.4) is 0 Å². The Morgan fingerprint density at radius 3 is 2.74 bits per heavy atom. The van der Waals surface area contributed by atoms with Gasteiger partial charge in [-0.05, 0) is 50.7 Å². The molecule has 0 bridgehead atoms. The molecule has 1 aliphatic heterocycles. The number of carbonyl (C=O) groups excluding carboxylic acids is 1. The molecule has 4 rings (SSSR count). The van der Waals surface area contributed by atoms with E-state index in [1.165, 1.54) is 17.8 Å². The third-order valence-corrected chi connectivity index (χ3v) is 7.37. The van der Waals surface area contributed by atoms with Crippen LogP contribution in [0.15, 0.2) is 18.5 Å². The van der Waals surface area contributed by atoms with Crippen molar-refractivity contribution >= 4 is 17.3 Å². The smallest absolute Gasteiger partial charge is 0.391 e. The highest BCUT2D eigenvalue weighted by Gasteiger charge is 2.56. The Labute approximate surface area is 221 Å². The number of fused-ring (bicyclic) bond motifs is 1. The van der Waals surface area contributed by atoms with Crippen molar-refractivity contribution in [3.63, 3.8) is 0 Å². The first-order valence-corrected chi connectivity index (χ1v) is 12.5. The van der Waals surface area contributed by atoms with Gasteiger partial charge in [0.05, 0.1) is 31.6 Å². The van der Waals surface area contributed by atoms with E-state index in [-0.39, 0.29) is 37.9 Å². The number of aromatic nitrogens is 3. The number of aliphatic hydroxyl groups excluding tert-OH is 2. The van der Waals surface area contributed by atoms with Gasteiger partial charge in [-0.25, -0.2) is 9.50 Å². The molecule has 39 heavy (non-hydrogen) atoms. The summed E-state index contributed by atoms with van der Waals surface area (Å²) in [5.41, 5.74) is 4.74. The van der Waals surface area contributed by atoms with Crippen molar-refractivity contribution in [2.45, 2.75) is 68.7 Å². The fourth-order valence-electron chi connectivity index (χ4n) is 4.93. The van der Waals surface area contributed by atoms with Crippen LogP contribution in [0.2, 0.25) is 0 Å². The Hall–Kier alpha value is -3.03. The highest BCUT2D eigenvalue weighted by atomic mass is 19.4. The van der Waals surface area contributed by atoms with E-state index in [1.54, 1.807) is 12.1 Å². The number of aliphatic hydroxyl groups is 2. The number of esters is 1. The summed E-state index contributed by atoms with van der Waals surface area (Å²) in [4.78, 5) is 16.2. The van der Waals surface area contributed by atoms with Crippen LogP contribution in [0.5, 0.6) is 0 Å². The van der Waals surface area contributed by atoms with Crippen molar-refractivity contribution in [2.24, 2.45) is 11.8 Å². The Morgan fingerprint density at radius 1 is 1.36 bits per heavy atom. The molecule has 5 N–H and O–H groups in total. The summed E-state index contributed by atoms with van der Waals surface area (Å²) in [6.07, 6.45) is -6.44. The molecule has 1 aliphatic carbocycles. The largest absolute Gasteiger partial charge is 0.464 e. The van der Waals surface area contributed by atoms with E-state index in [2.05, 4.69) is 15.4 Å². The number of halogens is 3. The number of nitrogens with zero attached hydrogens (tertiary/aromatic N) is 4. The summed E-state index contributed by atoms with van der Waals surface area (Å²) < 4.78 is 56.3. The number of ether oxygens (including phenoxy) is 3. The van der Waals surface area contributed by atoms with E-state index >= 15 is 0 Å². The first-order chi connectivity index (χ1) is 18.5. The quantitative estimate of drug-likeness (QED) is 0.198. The van der Waals surface area contributed by atoms with Crippen molar-refractivity contribution in [3.05, 3.63) is 24.2 Å². The number of rotatable bonds is 9. The summed E-state index contributed by atoms with van der Waals surface area (Å²) in [5, 5.41) is 38.0. The van der Waals surface area contributed by atoms with Crippen molar-refractivity contribution in [1.29, 1.82) is 5.26 Å². The topological polar surface area (TPSA) is 177 Å². The minimum Gasteiger partial charge on any atom is -0.464 e. The molecule has 0 amide bonds. The number of nitrogens with one attached hydrogen (secondary N) is 1. The molecule has 3 heterocycles. The number of nitrogen functional groups attached to an aromatic ring is 1. The lowest BCUT2D eigenvalue weighted by Crippen LogP contribution is -2.47. The summed E-state index contributed by atoms with van der Waals surface area (Å²) >= 11 is 0. The van der Waals surface area contributed by atoms with Gasteiger partial charge in [-0.2, -0.15) is 23.5 Å². The van der Waals surface area contributed by atoms with Gasteiger partial charge in [-0.15, -0.1) is 0 Å². The molecule has 214 valence electrons. The monoisotopic (exact) mass is 556 g/mol. The molecular weight excluding hydrogens is 525 g/mol. The minimum absolute atomic E-state index is 0.0278. The second kappa shape index (κ2) is 11.6. The van der Waals surface area contributed by atoms with Gasteiger partial charge in [-0.1, -0.05) is 0 Å². The van der Waals surface area contributed by atoms with Crippen LogP contribution in [-0.2, 0) is 19.0 Å². The van der Waals surface area contributed by atoms with Gasteiger partial charge < -0.3 is 30.2 Å². The van der Waals surface area contributed by atoms with Gasteiger partial charge >= 0.3 is 12.1 Å². The highest BCUT2D eigenvalue weighted by molar-refractivity contribution is 5.75. The highest BCUT2D eigenvalue weighted by Crippen LogP contribution is 2.41. The number of alkyl halides is 3. The van der Waals surface area contributed by atoms with Gasteiger partial charge in [0.15, 0.2) is 5.82 Å². The molecule has 15 heteroatoms. The van der Waals surface area contributed by atoms with Crippen molar-refractivity contribution in [2.75, 3.05) is 25.7 Å². The molecule has 2 aliphatic rings. The van der Waals surface area contributed by atoms with Crippen LogP contribution in [-0.4, -0.2) is 80.8 Å². The second-order valence-electron chi connectivity index (χ2n) is 9.98. The van der Waals surface area contributed by atoms with Crippen LogP contribution >= 0.6 is 0 Å². The number of hydrogen-bond donors (Lipinski definition) is 4. The summed E-state index contributed by atoms with van der Waals surface area (Å²) in [7, 11) is 0. The Bertz CT molecular complexity index is 1200. The molecule has 0 aromatic carbocycles. The standard InChI is InChI=1S/C24H31F3N6O6/c1-13(22(36)38-8-14-2-4-15(5-3-14)24(25,26)27)31-12-37-10-23(9-28)20(35)18(34)19(39-23)16-6-7-17-21(29)30-11-32-33(16)17/h6-7,11,13-15,18-20,31,34-35H,2-5,8,10,12H2,1H3,(H2,29,30,32)/t13-,14-,15-,18-,19-,20-,23+/m0/s1. The van der Waals surface area contributed by atoms with E-state index in [0.29, 0.717) is 24.1 Å². The molecule has 1 saturated heterocycles. The lowest BCUT2D eigenvalue weighted by Gasteiger charge is -2.29. The minimum atomic E-state index is -4.19. The maximum absolute atomic E-state index is 12.8. The number of carbonyl (C=O) groups is 1. The Balaban J connectivity index is 1.24. The van der Waals surface area contributed by atoms with E-state index in [4.69, 9.17) is 19.9 Å². The van der Waals surface area contributed by atoms with Gasteiger partial charge in [0, 0.05) is 0 Å². The summed E-state index contributed by atoms with van der Waals surface area (Å²) in [6.45, 7) is 0.914. The first-order valence-electron chi connectivity index (χ1n) is 12.5. The predicted octanol–water partition coefficient (Wildman–Crippen LogP) is 1.23. The van der Waals surface area contributed by atoms with Crippen LogP contribution in [0, 0.1) is 23.2 Å². The van der Waals surface area contributed by atoms with Crippen LogP contribution in [0.1, 0.15) is 44.4 Å². The SMILES string of the molecule is C[C@H](NCOC[C@@]1(C#N)O[C@@H](c2ccc3c(N)ncnn23)[C@H](O)[C@@H]1O)C(=O)OC[C@H]1CC[C@H](C(F)(F)F)CC1. The molecule has 1 saturated carbocycles. The van der Waals surface area contributed by atoms with Gasteiger partial charge in [-0.3, -0.25) is 10.1 Å². The zero-order valence-electron chi connectivity index (χ0n) is 21.2. The Kier molecular flexibility index (Phi) is 8.62. The number of nitrogens with two attached hydrogens (primary N) is 1.